The fourth-order valence-electron chi connectivity index (χ4n) is 2.81. The summed E-state index contributed by atoms with van der Waals surface area (Å²) in [6.07, 6.45) is -6.46. The van der Waals surface area contributed by atoms with Gasteiger partial charge in [0.15, 0.2) is 12.6 Å². The van der Waals surface area contributed by atoms with Gasteiger partial charge in [0.2, 0.25) is 0 Å². The zero-order valence-corrected chi connectivity index (χ0v) is 15.2. The second-order valence-electron chi connectivity index (χ2n) is 6.69. The van der Waals surface area contributed by atoms with E-state index in [1.54, 1.807) is 6.08 Å². The van der Waals surface area contributed by atoms with Crippen molar-refractivity contribution >= 4 is 0 Å². The van der Waals surface area contributed by atoms with Gasteiger partial charge in [-0.3, -0.25) is 0 Å². The molecule has 2 saturated heterocycles. The molecule has 27 heavy (non-hydrogen) atoms. The molecule has 0 aromatic rings. The van der Waals surface area contributed by atoms with Crippen molar-refractivity contribution in [1.29, 1.82) is 0 Å². The van der Waals surface area contributed by atoms with E-state index in [0.29, 0.717) is 0 Å². The van der Waals surface area contributed by atoms with Crippen LogP contribution in [0, 0.1) is 0 Å². The van der Waals surface area contributed by atoms with Crippen molar-refractivity contribution < 1.29 is 49.6 Å². The minimum absolute atomic E-state index is 0.159. The first-order valence-corrected chi connectivity index (χ1v) is 9.10. The van der Waals surface area contributed by atoms with E-state index < -0.39 is 55.3 Å². The van der Waals surface area contributed by atoms with Gasteiger partial charge in [0.05, 0.1) is 19.8 Å². The molecular formula is C17H30O10. The molecule has 9 unspecified atom stereocenters. The maximum Gasteiger partial charge on any atom is 0.187 e. The first-order chi connectivity index (χ1) is 12.9. The van der Waals surface area contributed by atoms with Gasteiger partial charge in [0, 0.05) is 0 Å². The van der Waals surface area contributed by atoms with Crippen LogP contribution in [-0.2, 0) is 18.9 Å². The van der Waals surface area contributed by atoms with Crippen molar-refractivity contribution in [1.82, 2.24) is 0 Å². The molecule has 2 fully saturated rings. The summed E-state index contributed by atoms with van der Waals surface area (Å²) in [5.74, 6) is 0. The van der Waals surface area contributed by atoms with E-state index in [4.69, 9.17) is 18.9 Å². The summed E-state index contributed by atoms with van der Waals surface area (Å²) in [4.78, 5) is 0. The highest BCUT2D eigenvalue weighted by Crippen LogP contribution is 2.24. The number of unbranched alkanes of at least 4 members (excludes halogenated alkanes) is 1. The van der Waals surface area contributed by atoms with Gasteiger partial charge in [-0.05, 0) is 6.42 Å². The lowest BCUT2D eigenvalue weighted by Crippen LogP contribution is -2.60. The number of rotatable bonds is 8. The zero-order chi connectivity index (χ0) is 20.0. The SMILES string of the molecule is CCCC=CCOC1OC(COC2OCC(O)C(O)C2O)C(O)C(O)C1O. The van der Waals surface area contributed by atoms with E-state index in [2.05, 4.69) is 0 Å². The molecular weight excluding hydrogens is 364 g/mol. The lowest BCUT2D eigenvalue weighted by atomic mass is 9.99. The summed E-state index contributed by atoms with van der Waals surface area (Å²) >= 11 is 0. The minimum atomic E-state index is -1.51. The van der Waals surface area contributed by atoms with Crippen LogP contribution >= 0.6 is 0 Å². The molecule has 10 nitrogen and oxygen atoms in total. The van der Waals surface area contributed by atoms with E-state index in [1.165, 1.54) is 0 Å². The summed E-state index contributed by atoms with van der Waals surface area (Å²) in [7, 11) is 0. The van der Waals surface area contributed by atoms with E-state index in [1.807, 2.05) is 13.0 Å². The molecule has 2 heterocycles. The predicted octanol–water partition coefficient (Wildman–Crippen LogP) is -2.38. The highest BCUT2D eigenvalue weighted by molar-refractivity contribution is 4.91. The molecule has 0 bridgehead atoms. The van der Waals surface area contributed by atoms with Crippen molar-refractivity contribution in [3.63, 3.8) is 0 Å². The van der Waals surface area contributed by atoms with Crippen LogP contribution in [0.5, 0.6) is 0 Å². The van der Waals surface area contributed by atoms with Crippen LogP contribution in [0.1, 0.15) is 19.8 Å². The Morgan fingerprint density at radius 2 is 1.56 bits per heavy atom. The zero-order valence-electron chi connectivity index (χ0n) is 15.2. The van der Waals surface area contributed by atoms with Gasteiger partial charge in [0.1, 0.15) is 42.7 Å². The maximum absolute atomic E-state index is 10.1. The minimum Gasteiger partial charge on any atom is -0.388 e. The number of allylic oxidation sites excluding steroid dienone is 1. The molecule has 0 amide bonds. The average Bonchev–Trinajstić information content (AvgIpc) is 2.66. The molecule has 10 heteroatoms. The number of hydrogen-bond donors (Lipinski definition) is 6. The number of ether oxygens (including phenoxy) is 4. The highest BCUT2D eigenvalue weighted by Gasteiger charge is 2.45. The van der Waals surface area contributed by atoms with Crippen molar-refractivity contribution in [2.75, 3.05) is 19.8 Å². The summed E-state index contributed by atoms with van der Waals surface area (Å²) in [6, 6.07) is 0. The summed E-state index contributed by atoms with van der Waals surface area (Å²) < 4.78 is 21.3. The Hall–Kier alpha value is -0.660. The van der Waals surface area contributed by atoms with Crippen LogP contribution in [-0.4, -0.2) is 106 Å². The molecule has 0 aromatic heterocycles. The third-order valence-electron chi connectivity index (χ3n) is 4.53. The predicted molar refractivity (Wildman–Crippen MR) is 90.4 cm³/mol. The van der Waals surface area contributed by atoms with Crippen LogP contribution in [0.25, 0.3) is 0 Å². The van der Waals surface area contributed by atoms with Crippen molar-refractivity contribution in [2.45, 2.75) is 75.1 Å². The largest absolute Gasteiger partial charge is 0.388 e. The Morgan fingerprint density at radius 3 is 2.26 bits per heavy atom. The van der Waals surface area contributed by atoms with Gasteiger partial charge < -0.3 is 49.6 Å². The Morgan fingerprint density at radius 1 is 0.852 bits per heavy atom. The molecule has 0 saturated carbocycles. The molecule has 9 atom stereocenters. The summed E-state index contributed by atoms with van der Waals surface area (Å²) in [5.41, 5.74) is 0. The number of aliphatic hydroxyl groups is 6. The molecule has 6 N–H and O–H groups in total. The van der Waals surface area contributed by atoms with E-state index in [0.717, 1.165) is 12.8 Å². The number of aliphatic hydroxyl groups excluding tert-OH is 6. The van der Waals surface area contributed by atoms with Gasteiger partial charge in [-0.25, -0.2) is 0 Å². The fraction of sp³-hybridized carbons (Fsp3) is 0.882. The van der Waals surface area contributed by atoms with E-state index in [9.17, 15) is 30.6 Å². The molecule has 2 rings (SSSR count). The smallest absolute Gasteiger partial charge is 0.187 e. The van der Waals surface area contributed by atoms with E-state index >= 15 is 0 Å². The van der Waals surface area contributed by atoms with E-state index in [-0.39, 0.29) is 19.8 Å². The molecule has 2 aliphatic rings. The first-order valence-electron chi connectivity index (χ1n) is 9.10. The van der Waals surface area contributed by atoms with Crippen LogP contribution in [0.4, 0.5) is 0 Å². The molecule has 2 aliphatic heterocycles. The van der Waals surface area contributed by atoms with Crippen LogP contribution in [0.3, 0.4) is 0 Å². The second-order valence-corrected chi connectivity index (χ2v) is 6.69. The first kappa shape index (κ1) is 22.6. The van der Waals surface area contributed by atoms with Crippen molar-refractivity contribution in [3.8, 4) is 0 Å². The second kappa shape index (κ2) is 10.8. The van der Waals surface area contributed by atoms with Gasteiger partial charge >= 0.3 is 0 Å². The molecule has 158 valence electrons. The third-order valence-corrected chi connectivity index (χ3v) is 4.53. The van der Waals surface area contributed by atoms with Gasteiger partial charge in [-0.1, -0.05) is 25.5 Å². The topological polar surface area (TPSA) is 158 Å². The molecule has 0 aliphatic carbocycles. The standard InChI is InChI=1S/C17H30O10/c1-2-3-4-5-6-24-17-15(23)13(21)12(20)10(27-17)8-26-16-14(22)11(19)9(18)7-25-16/h4-5,9-23H,2-3,6-8H2,1H3. The van der Waals surface area contributed by atoms with Crippen molar-refractivity contribution in [3.05, 3.63) is 12.2 Å². The quantitative estimate of drug-likeness (QED) is 0.246. The molecule has 0 spiro atoms. The highest BCUT2D eigenvalue weighted by atomic mass is 16.7. The van der Waals surface area contributed by atoms with Crippen molar-refractivity contribution in [2.24, 2.45) is 0 Å². The summed E-state index contributed by atoms with van der Waals surface area (Å²) in [5, 5.41) is 59.0. The van der Waals surface area contributed by atoms with Gasteiger partial charge in [-0.15, -0.1) is 0 Å². The lowest BCUT2D eigenvalue weighted by molar-refractivity contribution is -0.319. The Labute approximate surface area is 157 Å². The molecule has 0 aromatic carbocycles. The Balaban J connectivity index is 1.87. The maximum atomic E-state index is 10.1. The Bertz CT molecular complexity index is 461. The van der Waals surface area contributed by atoms with Crippen LogP contribution in [0.15, 0.2) is 12.2 Å². The number of hydrogen-bond acceptors (Lipinski definition) is 10. The lowest BCUT2D eigenvalue weighted by Gasteiger charge is -2.41. The van der Waals surface area contributed by atoms with Gasteiger partial charge in [-0.2, -0.15) is 0 Å². The summed E-state index contributed by atoms with van der Waals surface area (Å²) in [6.45, 7) is 1.66. The monoisotopic (exact) mass is 394 g/mol. The normalized spacial score (nSPS) is 43.3. The fourth-order valence-corrected chi connectivity index (χ4v) is 2.81. The average molecular weight is 394 g/mol. The van der Waals surface area contributed by atoms with Crippen LogP contribution < -0.4 is 0 Å². The van der Waals surface area contributed by atoms with Crippen LogP contribution in [0.2, 0.25) is 0 Å². The third kappa shape index (κ3) is 5.91. The van der Waals surface area contributed by atoms with Gasteiger partial charge in [0.25, 0.3) is 0 Å². The molecule has 0 radical (unpaired) electrons. The Kier molecular flexibility index (Phi) is 9.02.